The van der Waals surface area contributed by atoms with Crippen molar-refractivity contribution in [2.45, 2.75) is 4.90 Å². The van der Waals surface area contributed by atoms with E-state index in [9.17, 15) is 8.42 Å². The molecule has 5 aromatic rings. The molecule has 10 nitrogen and oxygen atoms in total. The first-order valence-corrected chi connectivity index (χ1v) is 11.2. The van der Waals surface area contributed by atoms with Crippen LogP contribution in [-0.2, 0) is 10.0 Å². The molecule has 0 bridgehead atoms. The van der Waals surface area contributed by atoms with Crippen molar-refractivity contribution in [1.29, 1.82) is 0 Å². The van der Waals surface area contributed by atoms with E-state index in [2.05, 4.69) is 34.1 Å². The van der Waals surface area contributed by atoms with Crippen LogP contribution in [0.2, 0.25) is 0 Å². The van der Waals surface area contributed by atoms with E-state index >= 15 is 0 Å². The van der Waals surface area contributed by atoms with E-state index in [-0.39, 0.29) is 4.90 Å². The SMILES string of the molecule is O=S(=O)(Nc1ccc(Nc2ccc(-n3cccn3)nn2)cc1)c1cccc2nsnc12. The van der Waals surface area contributed by atoms with Gasteiger partial charge in [-0.3, -0.25) is 4.72 Å². The fourth-order valence-electron chi connectivity index (χ4n) is 2.90. The number of anilines is 3. The molecule has 154 valence electrons. The number of rotatable bonds is 6. The average molecular weight is 451 g/mol. The molecule has 5 rings (SSSR count). The number of benzene rings is 2. The summed E-state index contributed by atoms with van der Waals surface area (Å²) >= 11 is 0.976. The molecule has 0 aliphatic rings. The lowest BCUT2D eigenvalue weighted by atomic mass is 10.3. The number of sulfonamides is 1. The van der Waals surface area contributed by atoms with Crippen molar-refractivity contribution < 1.29 is 8.42 Å². The third kappa shape index (κ3) is 3.93. The molecule has 0 saturated carbocycles. The Balaban J connectivity index is 1.30. The maximum Gasteiger partial charge on any atom is 0.264 e. The van der Waals surface area contributed by atoms with Crippen LogP contribution in [-0.4, -0.2) is 37.1 Å². The molecule has 0 aliphatic carbocycles. The lowest BCUT2D eigenvalue weighted by Gasteiger charge is -2.10. The monoisotopic (exact) mass is 450 g/mol. The Hall–Kier alpha value is -3.90. The third-order valence-electron chi connectivity index (χ3n) is 4.34. The van der Waals surface area contributed by atoms with E-state index in [0.717, 1.165) is 17.4 Å². The Morgan fingerprint density at radius 1 is 0.871 bits per heavy atom. The Bertz CT molecular complexity index is 1430. The lowest BCUT2D eigenvalue weighted by molar-refractivity contribution is 0.602. The van der Waals surface area contributed by atoms with Crippen LogP contribution >= 0.6 is 11.7 Å². The van der Waals surface area contributed by atoms with E-state index in [1.165, 1.54) is 6.07 Å². The fourth-order valence-corrected chi connectivity index (χ4v) is 4.72. The first-order valence-electron chi connectivity index (χ1n) is 9.03. The lowest BCUT2D eigenvalue weighted by Crippen LogP contribution is -2.13. The molecule has 0 amide bonds. The first-order chi connectivity index (χ1) is 15.1. The van der Waals surface area contributed by atoms with Gasteiger partial charge < -0.3 is 5.32 Å². The van der Waals surface area contributed by atoms with Gasteiger partial charge in [0, 0.05) is 23.8 Å². The molecule has 0 atom stereocenters. The molecule has 0 aliphatic heterocycles. The van der Waals surface area contributed by atoms with E-state index in [4.69, 9.17) is 0 Å². The number of hydrogen-bond acceptors (Lipinski definition) is 9. The van der Waals surface area contributed by atoms with Crippen LogP contribution in [0.5, 0.6) is 0 Å². The molecule has 12 heteroatoms. The zero-order valence-electron chi connectivity index (χ0n) is 15.7. The molecule has 0 fully saturated rings. The average Bonchev–Trinajstić information content (AvgIpc) is 3.47. The second-order valence-electron chi connectivity index (χ2n) is 6.42. The Morgan fingerprint density at radius 3 is 2.45 bits per heavy atom. The molecule has 3 aromatic heterocycles. The maximum absolute atomic E-state index is 12.8. The summed E-state index contributed by atoms with van der Waals surface area (Å²) in [5.41, 5.74) is 2.06. The molecule has 0 saturated heterocycles. The van der Waals surface area contributed by atoms with Crippen molar-refractivity contribution in [3.63, 3.8) is 0 Å². The zero-order chi connectivity index (χ0) is 21.3. The normalized spacial score (nSPS) is 11.5. The molecule has 0 unspecified atom stereocenters. The summed E-state index contributed by atoms with van der Waals surface area (Å²) in [6.07, 6.45) is 3.44. The Morgan fingerprint density at radius 2 is 1.71 bits per heavy atom. The number of nitrogens with zero attached hydrogens (tertiary/aromatic N) is 6. The fraction of sp³-hybridized carbons (Fsp3) is 0. The summed E-state index contributed by atoms with van der Waals surface area (Å²) in [6, 6.07) is 17.0. The van der Waals surface area contributed by atoms with Crippen LogP contribution in [0.25, 0.3) is 16.9 Å². The molecule has 3 heterocycles. The van der Waals surface area contributed by atoms with Gasteiger partial charge in [-0.2, -0.15) is 13.8 Å². The highest BCUT2D eigenvalue weighted by molar-refractivity contribution is 7.93. The first kappa shape index (κ1) is 19.1. The summed E-state index contributed by atoms with van der Waals surface area (Å²) < 4.78 is 38.0. The van der Waals surface area contributed by atoms with Crippen molar-refractivity contribution in [2.75, 3.05) is 10.0 Å². The quantitative estimate of drug-likeness (QED) is 0.404. The van der Waals surface area contributed by atoms with Gasteiger partial charge in [0.05, 0.1) is 11.7 Å². The molecule has 2 aromatic carbocycles. The van der Waals surface area contributed by atoms with Crippen LogP contribution in [0.3, 0.4) is 0 Å². The molecular weight excluding hydrogens is 436 g/mol. The summed E-state index contributed by atoms with van der Waals surface area (Å²) in [5.74, 6) is 1.15. The van der Waals surface area contributed by atoms with Gasteiger partial charge in [-0.05, 0) is 54.6 Å². The van der Waals surface area contributed by atoms with E-state index < -0.39 is 10.0 Å². The summed E-state index contributed by atoms with van der Waals surface area (Å²) in [6.45, 7) is 0. The third-order valence-corrected chi connectivity index (χ3v) is 6.29. The van der Waals surface area contributed by atoms with E-state index in [1.807, 2.05) is 0 Å². The van der Waals surface area contributed by atoms with Gasteiger partial charge in [0.1, 0.15) is 15.9 Å². The van der Waals surface area contributed by atoms with Crippen molar-refractivity contribution in [3.8, 4) is 5.82 Å². The van der Waals surface area contributed by atoms with Gasteiger partial charge >= 0.3 is 0 Å². The smallest absolute Gasteiger partial charge is 0.264 e. The second-order valence-corrected chi connectivity index (χ2v) is 8.60. The van der Waals surface area contributed by atoms with Crippen molar-refractivity contribution in [1.82, 2.24) is 28.7 Å². The van der Waals surface area contributed by atoms with Crippen LogP contribution in [0.15, 0.2) is 78.0 Å². The molecule has 0 radical (unpaired) electrons. The van der Waals surface area contributed by atoms with Crippen LogP contribution < -0.4 is 10.0 Å². The highest BCUT2D eigenvalue weighted by atomic mass is 32.2. The summed E-state index contributed by atoms with van der Waals surface area (Å²) in [7, 11) is -3.80. The Kier molecular flexibility index (Phi) is 4.76. The summed E-state index contributed by atoms with van der Waals surface area (Å²) in [5, 5.41) is 15.5. The van der Waals surface area contributed by atoms with Crippen molar-refractivity contribution in [2.24, 2.45) is 0 Å². The predicted molar refractivity (Wildman–Crippen MR) is 117 cm³/mol. The largest absolute Gasteiger partial charge is 0.339 e. The number of nitrogens with one attached hydrogen (secondary N) is 2. The number of aromatic nitrogens is 6. The highest BCUT2D eigenvalue weighted by Gasteiger charge is 2.19. The highest BCUT2D eigenvalue weighted by Crippen LogP contribution is 2.24. The van der Waals surface area contributed by atoms with Crippen LogP contribution in [0.1, 0.15) is 0 Å². The van der Waals surface area contributed by atoms with Crippen molar-refractivity contribution in [3.05, 3.63) is 73.1 Å². The van der Waals surface area contributed by atoms with Crippen LogP contribution in [0, 0.1) is 0 Å². The van der Waals surface area contributed by atoms with Gasteiger partial charge in [-0.25, -0.2) is 13.1 Å². The molecule has 2 N–H and O–H groups in total. The van der Waals surface area contributed by atoms with E-state index in [1.54, 1.807) is 71.7 Å². The maximum atomic E-state index is 12.8. The zero-order valence-corrected chi connectivity index (χ0v) is 17.4. The van der Waals surface area contributed by atoms with Crippen molar-refractivity contribution >= 4 is 50.0 Å². The van der Waals surface area contributed by atoms with Gasteiger partial charge in [-0.15, -0.1) is 10.2 Å². The molecular formula is C19H14N8O2S2. The minimum absolute atomic E-state index is 0.0912. The predicted octanol–water partition coefficient (Wildman–Crippen LogP) is 3.21. The number of fused-ring (bicyclic) bond motifs is 1. The molecule has 0 spiro atoms. The minimum Gasteiger partial charge on any atom is -0.339 e. The van der Waals surface area contributed by atoms with Gasteiger partial charge in [0.15, 0.2) is 11.6 Å². The van der Waals surface area contributed by atoms with Gasteiger partial charge in [0.25, 0.3) is 10.0 Å². The van der Waals surface area contributed by atoms with Crippen LogP contribution in [0.4, 0.5) is 17.2 Å². The van der Waals surface area contributed by atoms with E-state index in [0.29, 0.717) is 28.4 Å². The topological polar surface area (TPSA) is 128 Å². The second kappa shape index (κ2) is 7.74. The number of hydrogen-bond donors (Lipinski definition) is 2. The molecule has 31 heavy (non-hydrogen) atoms. The standard InChI is InChI=1S/C19H14N8O2S2/c28-31(29,16-4-1-3-15-19(16)25-30-24-15)26-14-7-5-13(6-8-14)21-17-9-10-18(23-22-17)27-12-2-11-20-27/h1-12,26H,(H,21,22). The minimum atomic E-state index is -3.80. The van der Waals surface area contributed by atoms with Gasteiger partial charge in [-0.1, -0.05) is 6.07 Å². The van der Waals surface area contributed by atoms with Gasteiger partial charge in [0.2, 0.25) is 0 Å². The Labute approximate surface area is 181 Å². The summed E-state index contributed by atoms with van der Waals surface area (Å²) in [4.78, 5) is 0.0912.